The Bertz CT molecular complexity index is 361. The second-order valence-corrected chi connectivity index (χ2v) is 5.60. The Morgan fingerprint density at radius 1 is 1.11 bits per heavy atom. The minimum absolute atomic E-state index is 0.598. The highest BCUT2D eigenvalue weighted by molar-refractivity contribution is 5.29. The van der Waals surface area contributed by atoms with E-state index in [-0.39, 0.29) is 0 Å². The molecule has 1 aromatic heterocycles. The minimum atomic E-state index is 0.598. The van der Waals surface area contributed by atoms with Crippen LogP contribution in [0.4, 0.5) is 5.95 Å². The third kappa shape index (κ3) is 5.45. The lowest BCUT2D eigenvalue weighted by molar-refractivity contribution is 0.550. The van der Waals surface area contributed by atoms with Crippen molar-refractivity contribution in [2.45, 2.75) is 41.2 Å². The number of hydrogen-bond donors (Lipinski definition) is 2. The van der Waals surface area contributed by atoms with Crippen molar-refractivity contribution in [1.82, 2.24) is 15.3 Å². The summed E-state index contributed by atoms with van der Waals surface area (Å²) in [6.45, 7) is 13.6. The average Bonchev–Trinajstić information content (AvgIpc) is 2.28. The van der Waals surface area contributed by atoms with E-state index >= 15 is 0 Å². The first-order valence-corrected chi connectivity index (χ1v) is 6.76. The highest BCUT2D eigenvalue weighted by Gasteiger charge is 2.04. The molecule has 0 spiro atoms. The zero-order chi connectivity index (χ0) is 13.5. The predicted octanol–water partition coefficient (Wildman–Crippen LogP) is 2.60. The van der Waals surface area contributed by atoms with Gasteiger partial charge in [-0.15, -0.1) is 0 Å². The van der Waals surface area contributed by atoms with Crippen molar-refractivity contribution in [3.05, 3.63) is 17.5 Å². The molecular weight excluding hydrogens is 224 g/mol. The maximum Gasteiger partial charge on any atom is 0.222 e. The zero-order valence-corrected chi connectivity index (χ0v) is 12.2. The summed E-state index contributed by atoms with van der Waals surface area (Å²) in [4.78, 5) is 8.83. The van der Waals surface area contributed by atoms with Crippen molar-refractivity contribution in [3.63, 3.8) is 0 Å². The third-order valence-electron chi connectivity index (χ3n) is 2.62. The topological polar surface area (TPSA) is 49.8 Å². The van der Waals surface area contributed by atoms with Gasteiger partial charge in [-0.1, -0.05) is 27.7 Å². The molecule has 0 atom stereocenters. The Labute approximate surface area is 111 Å². The molecule has 1 heterocycles. The molecule has 2 N–H and O–H groups in total. The Kier molecular flexibility index (Phi) is 6.05. The van der Waals surface area contributed by atoms with Crippen molar-refractivity contribution < 1.29 is 0 Å². The van der Waals surface area contributed by atoms with Gasteiger partial charge in [0.2, 0.25) is 5.95 Å². The molecule has 4 heteroatoms. The largest absolute Gasteiger partial charge is 0.354 e. The van der Waals surface area contributed by atoms with Crippen LogP contribution < -0.4 is 10.6 Å². The van der Waals surface area contributed by atoms with Crippen LogP contribution in [0.1, 0.15) is 39.0 Å². The number of nitrogens with zero attached hydrogens (tertiary/aromatic N) is 2. The van der Waals surface area contributed by atoms with Gasteiger partial charge in [0.25, 0.3) is 0 Å². The van der Waals surface area contributed by atoms with Crippen LogP contribution in [0.25, 0.3) is 0 Å². The average molecular weight is 250 g/mol. The van der Waals surface area contributed by atoms with Crippen molar-refractivity contribution in [2.24, 2.45) is 11.8 Å². The van der Waals surface area contributed by atoms with Crippen LogP contribution in [0.3, 0.4) is 0 Å². The molecule has 1 aromatic rings. The normalized spacial score (nSPS) is 11.3. The van der Waals surface area contributed by atoms with E-state index in [1.54, 1.807) is 0 Å². The fraction of sp³-hybridized carbons (Fsp3) is 0.714. The maximum absolute atomic E-state index is 4.48. The maximum atomic E-state index is 4.48. The molecule has 0 saturated carbocycles. The van der Waals surface area contributed by atoms with E-state index in [1.165, 1.54) is 5.56 Å². The smallest absolute Gasteiger partial charge is 0.222 e. The molecule has 0 aromatic carbocycles. The Balaban J connectivity index is 2.51. The Morgan fingerprint density at radius 2 is 1.78 bits per heavy atom. The van der Waals surface area contributed by atoms with Gasteiger partial charge in [0.1, 0.15) is 0 Å². The molecule has 0 amide bonds. The minimum Gasteiger partial charge on any atom is -0.354 e. The second kappa shape index (κ2) is 7.31. The lowest BCUT2D eigenvalue weighted by Gasteiger charge is -2.11. The van der Waals surface area contributed by atoms with E-state index in [2.05, 4.69) is 48.3 Å². The highest BCUT2D eigenvalue weighted by atomic mass is 15.1. The fourth-order valence-corrected chi connectivity index (χ4v) is 1.54. The standard InChI is InChI=1S/C14H26N4/c1-10(2)6-15-8-13-9-17-14(18-12(13)5)16-7-11(3)4/h9-11,15H,6-8H2,1-5H3,(H,16,17,18). The Morgan fingerprint density at radius 3 is 2.33 bits per heavy atom. The van der Waals surface area contributed by atoms with Crippen LogP contribution in [-0.4, -0.2) is 23.1 Å². The van der Waals surface area contributed by atoms with Crippen molar-refractivity contribution in [1.29, 1.82) is 0 Å². The van der Waals surface area contributed by atoms with E-state index in [0.29, 0.717) is 11.8 Å². The third-order valence-corrected chi connectivity index (χ3v) is 2.62. The number of anilines is 1. The summed E-state index contributed by atoms with van der Waals surface area (Å²) in [6.07, 6.45) is 1.92. The summed E-state index contributed by atoms with van der Waals surface area (Å²) < 4.78 is 0. The molecule has 0 bridgehead atoms. The predicted molar refractivity (Wildman–Crippen MR) is 76.6 cm³/mol. The molecule has 0 aliphatic carbocycles. The molecule has 0 aliphatic heterocycles. The van der Waals surface area contributed by atoms with Gasteiger partial charge < -0.3 is 10.6 Å². The van der Waals surface area contributed by atoms with E-state index in [1.807, 2.05) is 13.1 Å². The van der Waals surface area contributed by atoms with Gasteiger partial charge in [0.15, 0.2) is 0 Å². The first-order chi connectivity index (χ1) is 8.49. The number of nitrogens with one attached hydrogen (secondary N) is 2. The summed E-state index contributed by atoms with van der Waals surface area (Å²) in [5, 5.41) is 6.66. The molecule has 0 saturated heterocycles. The lowest BCUT2D eigenvalue weighted by atomic mass is 10.2. The first-order valence-electron chi connectivity index (χ1n) is 6.76. The molecule has 18 heavy (non-hydrogen) atoms. The van der Waals surface area contributed by atoms with Gasteiger partial charge in [0.05, 0.1) is 0 Å². The summed E-state index contributed by atoms with van der Waals surface area (Å²) in [5.74, 6) is 1.99. The van der Waals surface area contributed by atoms with Gasteiger partial charge in [-0.3, -0.25) is 0 Å². The van der Waals surface area contributed by atoms with Crippen LogP contribution in [0.2, 0.25) is 0 Å². The van der Waals surface area contributed by atoms with Gasteiger partial charge in [-0.25, -0.2) is 9.97 Å². The molecule has 4 nitrogen and oxygen atoms in total. The number of hydrogen-bond acceptors (Lipinski definition) is 4. The van der Waals surface area contributed by atoms with Crippen LogP contribution in [0, 0.1) is 18.8 Å². The van der Waals surface area contributed by atoms with E-state index < -0.39 is 0 Å². The zero-order valence-electron chi connectivity index (χ0n) is 12.2. The second-order valence-electron chi connectivity index (χ2n) is 5.60. The molecular formula is C14H26N4. The summed E-state index contributed by atoms with van der Waals surface area (Å²) >= 11 is 0. The first kappa shape index (κ1) is 14.9. The summed E-state index contributed by atoms with van der Waals surface area (Å²) in [5.41, 5.74) is 2.22. The van der Waals surface area contributed by atoms with Gasteiger partial charge >= 0.3 is 0 Å². The van der Waals surface area contributed by atoms with Crippen LogP contribution in [-0.2, 0) is 6.54 Å². The van der Waals surface area contributed by atoms with E-state index in [0.717, 1.165) is 31.3 Å². The molecule has 102 valence electrons. The number of aryl methyl sites for hydroxylation is 1. The van der Waals surface area contributed by atoms with E-state index in [9.17, 15) is 0 Å². The van der Waals surface area contributed by atoms with Crippen molar-refractivity contribution in [2.75, 3.05) is 18.4 Å². The number of rotatable bonds is 7. The van der Waals surface area contributed by atoms with Gasteiger partial charge in [0, 0.05) is 30.5 Å². The van der Waals surface area contributed by atoms with Crippen molar-refractivity contribution >= 4 is 5.95 Å². The Hall–Kier alpha value is -1.16. The lowest BCUT2D eigenvalue weighted by Crippen LogP contribution is -2.20. The molecule has 0 fully saturated rings. The molecule has 0 aliphatic rings. The van der Waals surface area contributed by atoms with Crippen molar-refractivity contribution in [3.8, 4) is 0 Å². The quantitative estimate of drug-likeness (QED) is 0.781. The fourth-order valence-electron chi connectivity index (χ4n) is 1.54. The number of aromatic nitrogens is 2. The summed E-state index contributed by atoms with van der Waals surface area (Å²) in [6, 6.07) is 0. The van der Waals surface area contributed by atoms with Crippen LogP contribution >= 0.6 is 0 Å². The van der Waals surface area contributed by atoms with Gasteiger partial charge in [-0.2, -0.15) is 0 Å². The van der Waals surface area contributed by atoms with Gasteiger partial charge in [-0.05, 0) is 25.3 Å². The van der Waals surface area contributed by atoms with Crippen LogP contribution in [0.15, 0.2) is 6.20 Å². The molecule has 1 rings (SSSR count). The van der Waals surface area contributed by atoms with E-state index in [4.69, 9.17) is 0 Å². The highest BCUT2D eigenvalue weighted by Crippen LogP contribution is 2.07. The molecule has 0 radical (unpaired) electrons. The monoisotopic (exact) mass is 250 g/mol. The summed E-state index contributed by atoms with van der Waals surface area (Å²) in [7, 11) is 0. The molecule has 0 unspecified atom stereocenters. The van der Waals surface area contributed by atoms with Crippen LogP contribution in [0.5, 0.6) is 0 Å². The SMILES string of the molecule is Cc1nc(NCC(C)C)ncc1CNCC(C)C.